The number of amides is 1. The van der Waals surface area contributed by atoms with Gasteiger partial charge in [0, 0.05) is 71.2 Å². The Morgan fingerprint density at radius 3 is 2.85 bits per heavy atom. The van der Waals surface area contributed by atoms with Crippen LogP contribution in [0.3, 0.4) is 0 Å². The maximum Gasteiger partial charge on any atom is 0.217 e. The van der Waals surface area contributed by atoms with Gasteiger partial charge in [0.2, 0.25) is 5.91 Å². The normalized spacial score (nSPS) is 20.7. The van der Waals surface area contributed by atoms with Gasteiger partial charge in [-0.1, -0.05) is 0 Å². The van der Waals surface area contributed by atoms with Crippen molar-refractivity contribution >= 4 is 5.91 Å². The molecule has 4 heterocycles. The number of likely N-dealkylation sites (tertiary alicyclic amines) is 1. The van der Waals surface area contributed by atoms with Crippen LogP contribution in [0.2, 0.25) is 0 Å². The van der Waals surface area contributed by atoms with Crippen molar-refractivity contribution in [3.05, 3.63) is 42.0 Å². The molecule has 0 aromatic carbocycles. The number of carbonyl (C=O) groups is 1. The van der Waals surface area contributed by atoms with E-state index in [-0.39, 0.29) is 11.9 Å². The van der Waals surface area contributed by atoms with Crippen molar-refractivity contribution in [3.63, 3.8) is 0 Å². The molecule has 1 amide bonds. The number of nitrogens with one attached hydrogen (secondary N) is 1. The Morgan fingerprint density at radius 2 is 2.04 bits per heavy atom. The summed E-state index contributed by atoms with van der Waals surface area (Å²) < 4.78 is 4.43. The van der Waals surface area contributed by atoms with Crippen LogP contribution in [-0.4, -0.2) is 62.3 Å². The summed E-state index contributed by atoms with van der Waals surface area (Å²) in [6.07, 6.45) is 6.47. The number of hydrogen-bond acceptors (Lipinski definition) is 4. The van der Waals surface area contributed by atoms with E-state index in [9.17, 15) is 4.79 Å². The van der Waals surface area contributed by atoms with Gasteiger partial charge in [0.1, 0.15) is 0 Å². The van der Waals surface area contributed by atoms with Crippen molar-refractivity contribution < 1.29 is 4.79 Å². The van der Waals surface area contributed by atoms with E-state index in [0.717, 1.165) is 64.5 Å². The molecular formula is C20H30N6O. The van der Waals surface area contributed by atoms with Gasteiger partial charge in [-0.3, -0.25) is 19.3 Å². The second-order valence-corrected chi connectivity index (χ2v) is 7.82. The van der Waals surface area contributed by atoms with Crippen LogP contribution in [0, 0.1) is 0 Å². The zero-order valence-electron chi connectivity index (χ0n) is 16.2. The zero-order chi connectivity index (χ0) is 18.6. The third kappa shape index (κ3) is 4.78. The lowest BCUT2D eigenvalue weighted by Crippen LogP contribution is -2.35. The van der Waals surface area contributed by atoms with Gasteiger partial charge >= 0.3 is 0 Å². The first kappa shape index (κ1) is 18.3. The Kier molecular flexibility index (Phi) is 5.59. The quantitative estimate of drug-likeness (QED) is 0.798. The van der Waals surface area contributed by atoms with E-state index in [1.54, 1.807) is 6.92 Å². The molecule has 2 aliphatic rings. The monoisotopic (exact) mass is 370 g/mol. The second-order valence-electron chi connectivity index (χ2n) is 7.82. The summed E-state index contributed by atoms with van der Waals surface area (Å²) in [5, 5.41) is 7.84. The molecule has 0 saturated carbocycles. The number of aryl methyl sites for hydroxylation is 1. The highest BCUT2D eigenvalue weighted by Gasteiger charge is 2.25. The van der Waals surface area contributed by atoms with Gasteiger partial charge in [-0.15, -0.1) is 0 Å². The average Bonchev–Trinajstić information content (AvgIpc) is 3.35. The van der Waals surface area contributed by atoms with Crippen molar-refractivity contribution in [2.24, 2.45) is 0 Å². The Labute approximate surface area is 160 Å². The highest BCUT2D eigenvalue weighted by molar-refractivity contribution is 5.73. The third-order valence-corrected chi connectivity index (χ3v) is 5.55. The first-order valence-corrected chi connectivity index (χ1v) is 10.0. The topological polar surface area (TPSA) is 58.3 Å². The molecule has 0 aliphatic carbocycles. The van der Waals surface area contributed by atoms with E-state index in [1.165, 1.54) is 12.1 Å². The van der Waals surface area contributed by atoms with Crippen LogP contribution in [0.5, 0.6) is 0 Å². The lowest BCUT2D eigenvalue weighted by Gasteiger charge is -2.27. The summed E-state index contributed by atoms with van der Waals surface area (Å²) >= 11 is 0. The molecule has 7 heteroatoms. The van der Waals surface area contributed by atoms with E-state index < -0.39 is 0 Å². The van der Waals surface area contributed by atoms with Crippen molar-refractivity contribution in [2.45, 2.75) is 52.0 Å². The van der Waals surface area contributed by atoms with Gasteiger partial charge < -0.3 is 9.88 Å². The van der Waals surface area contributed by atoms with E-state index in [1.807, 2.05) is 0 Å². The number of aromatic nitrogens is 3. The minimum atomic E-state index is 0.0659. The molecule has 0 bridgehead atoms. The molecule has 0 radical (unpaired) electrons. The van der Waals surface area contributed by atoms with E-state index in [0.29, 0.717) is 0 Å². The standard InChI is InChI=1S/C20H30N6O/c1-17(27)21-18-5-10-25(14-18)15-19-13-20-16-24(11-12-26(20)22-19)9-4-8-23-6-2-3-7-23/h2-3,6-7,13,18H,4-5,8-12,14-16H2,1H3,(H,21,27)/t18-/m1/s1. The van der Waals surface area contributed by atoms with Gasteiger partial charge in [0.05, 0.1) is 17.9 Å². The molecule has 1 N–H and O–H groups in total. The number of fused-ring (bicyclic) bond motifs is 1. The molecule has 7 nitrogen and oxygen atoms in total. The minimum Gasteiger partial charge on any atom is -0.354 e. The average molecular weight is 371 g/mol. The van der Waals surface area contributed by atoms with Crippen LogP contribution in [0.1, 0.15) is 31.2 Å². The number of rotatable bonds is 7. The van der Waals surface area contributed by atoms with E-state index in [2.05, 4.69) is 55.0 Å². The van der Waals surface area contributed by atoms with Gasteiger partial charge in [0.25, 0.3) is 0 Å². The van der Waals surface area contributed by atoms with Crippen LogP contribution in [0.15, 0.2) is 30.6 Å². The van der Waals surface area contributed by atoms with Gasteiger partial charge in [-0.05, 0) is 31.0 Å². The summed E-state index contributed by atoms with van der Waals surface area (Å²) in [7, 11) is 0. The molecular weight excluding hydrogens is 340 g/mol. The van der Waals surface area contributed by atoms with E-state index in [4.69, 9.17) is 5.10 Å². The molecule has 27 heavy (non-hydrogen) atoms. The summed E-state index contributed by atoms with van der Waals surface area (Å²) in [6, 6.07) is 6.72. The van der Waals surface area contributed by atoms with Crippen molar-refractivity contribution in [1.82, 2.24) is 29.5 Å². The first-order chi connectivity index (χ1) is 13.2. The third-order valence-electron chi connectivity index (χ3n) is 5.55. The molecule has 1 atom stereocenters. The van der Waals surface area contributed by atoms with Crippen molar-refractivity contribution in [1.29, 1.82) is 0 Å². The molecule has 0 spiro atoms. The molecule has 2 aromatic heterocycles. The summed E-state index contributed by atoms with van der Waals surface area (Å²) in [5.74, 6) is 0.0659. The summed E-state index contributed by atoms with van der Waals surface area (Å²) in [4.78, 5) is 16.1. The summed E-state index contributed by atoms with van der Waals surface area (Å²) in [6.45, 7) is 9.68. The molecule has 0 unspecified atom stereocenters. The molecule has 1 saturated heterocycles. The lowest BCUT2D eigenvalue weighted by atomic mass is 10.2. The molecule has 146 valence electrons. The van der Waals surface area contributed by atoms with Crippen LogP contribution in [0.4, 0.5) is 0 Å². The van der Waals surface area contributed by atoms with Crippen LogP contribution in [-0.2, 0) is 31.0 Å². The molecule has 1 fully saturated rings. The van der Waals surface area contributed by atoms with Crippen molar-refractivity contribution in [2.75, 3.05) is 26.2 Å². The second kappa shape index (κ2) is 8.27. The van der Waals surface area contributed by atoms with Gasteiger partial charge in [-0.25, -0.2) is 0 Å². The predicted molar refractivity (Wildman–Crippen MR) is 104 cm³/mol. The Balaban J connectivity index is 1.25. The molecule has 2 aliphatic heterocycles. The number of nitrogens with zero attached hydrogens (tertiary/aromatic N) is 5. The Bertz CT molecular complexity index is 753. The zero-order valence-corrected chi connectivity index (χ0v) is 16.2. The highest BCUT2D eigenvalue weighted by atomic mass is 16.1. The maximum absolute atomic E-state index is 11.2. The highest BCUT2D eigenvalue weighted by Crippen LogP contribution is 2.17. The Morgan fingerprint density at radius 1 is 1.19 bits per heavy atom. The number of hydrogen-bond donors (Lipinski definition) is 1. The van der Waals surface area contributed by atoms with Crippen molar-refractivity contribution in [3.8, 4) is 0 Å². The largest absolute Gasteiger partial charge is 0.354 e. The predicted octanol–water partition coefficient (Wildman–Crippen LogP) is 1.30. The van der Waals surface area contributed by atoms with E-state index >= 15 is 0 Å². The Hall–Kier alpha value is -2.12. The molecule has 2 aromatic rings. The maximum atomic E-state index is 11.2. The fraction of sp³-hybridized carbons (Fsp3) is 0.600. The van der Waals surface area contributed by atoms with Crippen LogP contribution < -0.4 is 5.32 Å². The number of carbonyl (C=O) groups excluding carboxylic acids is 1. The van der Waals surface area contributed by atoms with Crippen LogP contribution >= 0.6 is 0 Å². The summed E-state index contributed by atoms with van der Waals surface area (Å²) in [5.41, 5.74) is 2.48. The SMILES string of the molecule is CC(=O)N[C@@H]1CCN(Cc2cc3n(n2)CCN(CCCn2cccc2)C3)C1. The lowest BCUT2D eigenvalue weighted by molar-refractivity contribution is -0.119. The minimum absolute atomic E-state index is 0.0659. The molecule has 4 rings (SSSR count). The fourth-order valence-corrected chi connectivity index (χ4v) is 4.26. The first-order valence-electron chi connectivity index (χ1n) is 10.0. The van der Waals surface area contributed by atoms with Crippen LogP contribution in [0.25, 0.3) is 0 Å². The van der Waals surface area contributed by atoms with Gasteiger partial charge in [0.15, 0.2) is 0 Å². The van der Waals surface area contributed by atoms with Gasteiger partial charge in [-0.2, -0.15) is 5.10 Å². The smallest absolute Gasteiger partial charge is 0.217 e. The fourth-order valence-electron chi connectivity index (χ4n) is 4.26.